The van der Waals surface area contributed by atoms with Gasteiger partial charge in [-0.15, -0.1) is 0 Å². The van der Waals surface area contributed by atoms with Crippen molar-refractivity contribution in [2.24, 2.45) is 0 Å². The molecule has 0 saturated carbocycles. The molecule has 0 N–H and O–H groups in total. The van der Waals surface area contributed by atoms with Crippen molar-refractivity contribution in [1.82, 2.24) is 0 Å². The van der Waals surface area contributed by atoms with E-state index >= 15 is 0 Å². The molecular formula is C15H23NO2. The Labute approximate surface area is 110 Å². The van der Waals surface area contributed by atoms with Crippen LogP contribution in [-0.2, 0) is 4.79 Å². The minimum atomic E-state index is 0.111. The van der Waals surface area contributed by atoms with Gasteiger partial charge in [0, 0.05) is 38.2 Å². The molecule has 0 aliphatic carbocycles. The summed E-state index contributed by atoms with van der Waals surface area (Å²) in [5, 5.41) is 0. The first-order valence-corrected chi connectivity index (χ1v) is 6.22. The average Bonchev–Trinajstić information content (AvgIpc) is 2.38. The van der Waals surface area contributed by atoms with E-state index < -0.39 is 0 Å². The quantitative estimate of drug-likeness (QED) is 0.768. The van der Waals surface area contributed by atoms with Crippen LogP contribution in [0.25, 0.3) is 0 Å². The predicted octanol–water partition coefficient (Wildman–Crippen LogP) is 3.33. The number of Topliss-reactive ketones (excluding diaryl/α,β-unsaturated/α-hetero) is 2. The summed E-state index contributed by atoms with van der Waals surface area (Å²) in [5.74, 6) is 0.454. The van der Waals surface area contributed by atoms with Gasteiger partial charge in [-0.1, -0.05) is 13.8 Å². The number of hydrogen-bond donors (Lipinski definition) is 0. The number of ketones is 2. The van der Waals surface area contributed by atoms with Crippen LogP contribution in [0, 0.1) is 0 Å². The molecule has 3 nitrogen and oxygen atoms in total. The van der Waals surface area contributed by atoms with E-state index in [1.807, 2.05) is 57.1 Å². The van der Waals surface area contributed by atoms with Crippen molar-refractivity contribution in [2.75, 3.05) is 19.0 Å². The van der Waals surface area contributed by atoms with E-state index in [-0.39, 0.29) is 5.78 Å². The third kappa shape index (κ3) is 6.18. The molecule has 0 heterocycles. The maximum atomic E-state index is 10.9. The number of carbonyl (C=O) groups excluding carboxylic acids is 2. The molecule has 1 aromatic rings. The van der Waals surface area contributed by atoms with Gasteiger partial charge in [-0.25, -0.2) is 0 Å². The number of nitrogens with zero attached hydrogens (tertiary/aromatic N) is 1. The van der Waals surface area contributed by atoms with Gasteiger partial charge in [-0.2, -0.15) is 0 Å². The van der Waals surface area contributed by atoms with Crippen molar-refractivity contribution >= 4 is 17.3 Å². The monoisotopic (exact) mass is 249 g/mol. The first-order valence-electron chi connectivity index (χ1n) is 6.22. The molecule has 0 bridgehead atoms. The molecule has 0 amide bonds. The summed E-state index contributed by atoms with van der Waals surface area (Å²) in [4.78, 5) is 23.1. The Morgan fingerprint density at radius 3 is 1.67 bits per heavy atom. The van der Waals surface area contributed by atoms with Gasteiger partial charge in [0.05, 0.1) is 0 Å². The molecule has 0 aromatic heterocycles. The highest BCUT2D eigenvalue weighted by molar-refractivity contribution is 5.94. The Hall–Kier alpha value is -1.64. The van der Waals surface area contributed by atoms with Gasteiger partial charge < -0.3 is 4.90 Å². The van der Waals surface area contributed by atoms with Crippen molar-refractivity contribution in [3.8, 4) is 0 Å². The second-order valence-electron chi connectivity index (χ2n) is 4.24. The maximum absolute atomic E-state index is 10.9. The van der Waals surface area contributed by atoms with E-state index in [4.69, 9.17) is 0 Å². The molecule has 3 heteroatoms. The van der Waals surface area contributed by atoms with E-state index in [1.54, 1.807) is 6.92 Å². The third-order valence-electron chi connectivity index (χ3n) is 2.58. The summed E-state index contributed by atoms with van der Waals surface area (Å²) in [6.45, 7) is 5.34. The normalized spacial score (nSPS) is 9.17. The van der Waals surface area contributed by atoms with Crippen molar-refractivity contribution in [1.29, 1.82) is 0 Å². The highest BCUT2D eigenvalue weighted by atomic mass is 16.1. The highest BCUT2D eigenvalue weighted by Crippen LogP contribution is 2.12. The Bertz CT molecular complexity index is 374. The average molecular weight is 249 g/mol. The molecule has 0 unspecified atom stereocenters. The van der Waals surface area contributed by atoms with Crippen LogP contribution in [0.5, 0.6) is 0 Å². The second kappa shape index (κ2) is 8.45. The lowest BCUT2D eigenvalue weighted by molar-refractivity contribution is -0.118. The molecule has 1 rings (SSSR count). The molecular weight excluding hydrogens is 226 g/mol. The van der Waals surface area contributed by atoms with E-state index in [0.717, 1.165) is 11.3 Å². The fourth-order valence-electron chi connectivity index (χ4n) is 1.24. The topological polar surface area (TPSA) is 37.4 Å². The van der Waals surface area contributed by atoms with Gasteiger partial charge in [0.1, 0.15) is 5.78 Å². The van der Waals surface area contributed by atoms with Crippen molar-refractivity contribution in [3.63, 3.8) is 0 Å². The van der Waals surface area contributed by atoms with Crippen molar-refractivity contribution in [2.45, 2.75) is 33.6 Å². The Kier molecular flexibility index (Phi) is 7.68. The summed E-state index contributed by atoms with van der Waals surface area (Å²) in [7, 11) is 3.95. The summed E-state index contributed by atoms with van der Waals surface area (Å²) in [5.41, 5.74) is 1.88. The lowest BCUT2D eigenvalue weighted by Gasteiger charge is -2.11. The van der Waals surface area contributed by atoms with Crippen LogP contribution >= 0.6 is 0 Å². The summed E-state index contributed by atoms with van der Waals surface area (Å²) < 4.78 is 0. The fourth-order valence-corrected chi connectivity index (χ4v) is 1.24. The zero-order valence-electron chi connectivity index (χ0n) is 12.0. The van der Waals surface area contributed by atoms with Gasteiger partial charge in [0.25, 0.3) is 0 Å². The van der Waals surface area contributed by atoms with Gasteiger partial charge in [0.2, 0.25) is 0 Å². The molecule has 0 radical (unpaired) electrons. The van der Waals surface area contributed by atoms with E-state index in [1.165, 1.54) is 0 Å². The molecule has 0 fully saturated rings. The lowest BCUT2D eigenvalue weighted by Crippen LogP contribution is -2.08. The minimum Gasteiger partial charge on any atom is -0.378 e. The standard InChI is InChI=1S/C10H13NO.C5H10O/c1-8(12)9-4-6-10(7-5-9)11(2)3;1-3-5(6)4-2/h4-7H,1-3H3;3-4H2,1-2H3. The van der Waals surface area contributed by atoms with Gasteiger partial charge in [0.15, 0.2) is 5.78 Å². The number of hydrogen-bond acceptors (Lipinski definition) is 3. The number of benzene rings is 1. The SMILES string of the molecule is CC(=O)c1ccc(N(C)C)cc1.CCC(=O)CC. The number of rotatable bonds is 4. The first kappa shape index (κ1) is 16.4. The minimum absolute atomic E-state index is 0.111. The summed E-state index contributed by atoms with van der Waals surface area (Å²) >= 11 is 0. The largest absolute Gasteiger partial charge is 0.378 e. The molecule has 1 aromatic carbocycles. The van der Waals surface area contributed by atoms with Gasteiger partial charge in [-0.05, 0) is 31.2 Å². The van der Waals surface area contributed by atoms with Crippen LogP contribution in [-0.4, -0.2) is 25.7 Å². The molecule has 0 aliphatic rings. The summed E-state index contributed by atoms with van der Waals surface area (Å²) in [6.07, 6.45) is 1.38. The maximum Gasteiger partial charge on any atom is 0.159 e. The van der Waals surface area contributed by atoms with Crippen molar-refractivity contribution in [3.05, 3.63) is 29.8 Å². The zero-order chi connectivity index (χ0) is 14.1. The third-order valence-corrected chi connectivity index (χ3v) is 2.58. The lowest BCUT2D eigenvalue weighted by atomic mass is 10.1. The predicted molar refractivity (Wildman–Crippen MR) is 76.4 cm³/mol. The van der Waals surface area contributed by atoms with Gasteiger partial charge in [-0.3, -0.25) is 9.59 Å². The Balaban J connectivity index is 0.000000411. The molecule has 0 saturated heterocycles. The molecule has 0 atom stereocenters. The van der Waals surface area contributed by atoms with Crippen LogP contribution < -0.4 is 4.90 Å². The zero-order valence-corrected chi connectivity index (χ0v) is 12.0. The van der Waals surface area contributed by atoms with Crippen LogP contribution in [0.1, 0.15) is 44.0 Å². The van der Waals surface area contributed by atoms with Crippen LogP contribution in [0.4, 0.5) is 5.69 Å². The van der Waals surface area contributed by atoms with E-state index in [9.17, 15) is 9.59 Å². The van der Waals surface area contributed by atoms with Crippen molar-refractivity contribution < 1.29 is 9.59 Å². The first-order chi connectivity index (χ1) is 8.42. The molecule has 100 valence electrons. The molecule has 18 heavy (non-hydrogen) atoms. The Morgan fingerprint density at radius 2 is 1.44 bits per heavy atom. The Morgan fingerprint density at radius 1 is 1.00 bits per heavy atom. The van der Waals surface area contributed by atoms with Crippen LogP contribution in [0.3, 0.4) is 0 Å². The number of carbonyl (C=O) groups is 2. The van der Waals surface area contributed by atoms with Gasteiger partial charge >= 0.3 is 0 Å². The summed E-state index contributed by atoms with van der Waals surface area (Å²) in [6, 6.07) is 7.57. The van der Waals surface area contributed by atoms with Crippen LogP contribution in [0.2, 0.25) is 0 Å². The van der Waals surface area contributed by atoms with E-state index in [2.05, 4.69) is 0 Å². The smallest absolute Gasteiger partial charge is 0.159 e. The number of anilines is 1. The molecule has 0 spiro atoms. The van der Waals surface area contributed by atoms with Crippen LogP contribution in [0.15, 0.2) is 24.3 Å². The molecule has 0 aliphatic heterocycles. The second-order valence-corrected chi connectivity index (χ2v) is 4.24. The van der Waals surface area contributed by atoms with E-state index in [0.29, 0.717) is 18.6 Å². The highest BCUT2D eigenvalue weighted by Gasteiger charge is 1.98. The fraction of sp³-hybridized carbons (Fsp3) is 0.467.